The van der Waals surface area contributed by atoms with E-state index in [0.29, 0.717) is 12.8 Å². The van der Waals surface area contributed by atoms with Crippen molar-refractivity contribution in [2.75, 3.05) is 6.54 Å². The van der Waals surface area contributed by atoms with Crippen molar-refractivity contribution in [3.63, 3.8) is 0 Å². The second-order valence-corrected chi connectivity index (χ2v) is 7.19. The van der Waals surface area contributed by atoms with Crippen LogP contribution in [0.3, 0.4) is 0 Å². The third kappa shape index (κ3) is 13.5. The molecule has 0 fully saturated rings. The molecule has 30 heavy (non-hydrogen) atoms. The van der Waals surface area contributed by atoms with Crippen LogP contribution < -0.4 is 16.5 Å². The molecule has 0 spiro atoms. The van der Waals surface area contributed by atoms with E-state index in [9.17, 15) is 29.8 Å². The van der Waals surface area contributed by atoms with Crippen LogP contribution in [-0.2, 0) is 9.59 Å². The van der Waals surface area contributed by atoms with Gasteiger partial charge in [-0.05, 0) is 38.2 Å². The van der Waals surface area contributed by atoms with E-state index in [-0.39, 0.29) is 37.0 Å². The number of hydrogen-bond donors (Lipinski definition) is 5. The molecule has 0 saturated heterocycles. The lowest BCUT2D eigenvalue weighted by Gasteiger charge is -2.23. The number of nitrogens with zero attached hydrogens (tertiary/aromatic N) is 2. The summed E-state index contributed by atoms with van der Waals surface area (Å²) < 4.78 is 0. The van der Waals surface area contributed by atoms with Gasteiger partial charge in [0.2, 0.25) is 5.91 Å². The van der Waals surface area contributed by atoms with Crippen LogP contribution in [0.25, 0.3) is 0 Å². The van der Waals surface area contributed by atoms with Crippen molar-refractivity contribution in [2.24, 2.45) is 22.6 Å². The molecule has 2 atom stereocenters. The molecule has 0 rings (SSSR count). The lowest BCUT2D eigenvalue weighted by Crippen LogP contribution is -2.49. The van der Waals surface area contributed by atoms with Crippen molar-refractivity contribution < 1.29 is 24.7 Å². The Morgan fingerprint density at radius 3 is 2.50 bits per heavy atom. The van der Waals surface area contributed by atoms with Crippen LogP contribution in [0.15, 0.2) is 29.3 Å². The van der Waals surface area contributed by atoms with Gasteiger partial charge in [-0.3, -0.25) is 9.59 Å². The van der Waals surface area contributed by atoms with Crippen LogP contribution in [0.4, 0.5) is 0 Å². The molecule has 6 N–H and O–H groups in total. The molecule has 0 bridgehead atoms. The molecule has 0 aliphatic heterocycles. The molecule has 0 aromatic carbocycles. The number of guanidine groups is 1. The number of amides is 1. The van der Waals surface area contributed by atoms with Crippen LogP contribution in [-0.4, -0.2) is 52.3 Å². The van der Waals surface area contributed by atoms with Gasteiger partial charge in [-0.25, -0.2) is 15.1 Å². The maximum atomic E-state index is 12.7. The second kappa shape index (κ2) is 15.2. The normalized spacial score (nSPS) is 14.1. The minimum absolute atomic E-state index is 0.0673. The first kappa shape index (κ1) is 27.3. The summed E-state index contributed by atoms with van der Waals surface area (Å²) in [6.07, 6.45) is 7.29. The number of allylic oxidation sites excluding steroid dienone is 4. The Hall–Kier alpha value is -2.73. The number of rotatable bonds is 14. The first-order valence-electron chi connectivity index (χ1n) is 9.76. The fraction of sp³-hybridized carbons (Fsp3) is 0.611. The summed E-state index contributed by atoms with van der Waals surface area (Å²) in [5.41, 5.74) is 7.05. The molecule has 0 saturated carbocycles. The summed E-state index contributed by atoms with van der Waals surface area (Å²) in [6.45, 7) is 5.70. The summed E-state index contributed by atoms with van der Waals surface area (Å²) in [4.78, 5) is 38.9. The standard InChI is InChI=1S/C18H32BN5O6/c1-4-5-6-9-15(25)12-14(8-7-10-21-18(20)23-24(29)30)17(26)22-16(19(27)28)11-13(2)3/h4-6,9,13-14,16,27-28H,7-8,10-12H2,1-3H3,(H,22,26)(H3,20,21,23)/b5-4+,9-6+/t14-,16+/m1/s1. The molecular weight excluding hydrogens is 393 g/mol. The maximum absolute atomic E-state index is 12.7. The fourth-order valence-electron chi connectivity index (χ4n) is 2.64. The molecule has 0 aliphatic carbocycles. The van der Waals surface area contributed by atoms with Gasteiger partial charge >= 0.3 is 7.12 Å². The highest BCUT2D eigenvalue weighted by molar-refractivity contribution is 6.43. The number of nitrogens with one attached hydrogen (secondary N) is 2. The summed E-state index contributed by atoms with van der Waals surface area (Å²) in [7, 11) is -1.72. The van der Waals surface area contributed by atoms with E-state index in [4.69, 9.17) is 5.73 Å². The zero-order valence-electron chi connectivity index (χ0n) is 17.7. The van der Waals surface area contributed by atoms with E-state index >= 15 is 0 Å². The minimum Gasteiger partial charge on any atom is -0.426 e. The van der Waals surface area contributed by atoms with Crippen LogP contribution in [0.5, 0.6) is 0 Å². The van der Waals surface area contributed by atoms with E-state index in [2.05, 4.69) is 10.3 Å². The monoisotopic (exact) mass is 425 g/mol. The highest BCUT2D eigenvalue weighted by atomic mass is 16.7. The average Bonchev–Trinajstić information content (AvgIpc) is 2.62. The van der Waals surface area contributed by atoms with Gasteiger partial charge in [0.15, 0.2) is 10.8 Å². The predicted octanol–water partition coefficient (Wildman–Crippen LogP) is 0.113. The molecule has 0 unspecified atom stereocenters. The van der Waals surface area contributed by atoms with Crippen molar-refractivity contribution in [3.05, 3.63) is 34.4 Å². The van der Waals surface area contributed by atoms with Crippen molar-refractivity contribution in [1.82, 2.24) is 10.7 Å². The summed E-state index contributed by atoms with van der Waals surface area (Å²) >= 11 is 0. The lowest BCUT2D eigenvalue weighted by atomic mass is 9.74. The molecular formula is C18H32BN5O6. The Kier molecular flexibility index (Phi) is 13.8. The Morgan fingerprint density at radius 2 is 1.97 bits per heavy atom. The van der Waals surface area contributed by atoms with Crippen LogP contribution in [0.2, 0.25) is 0 Å². The molecule has 0 radical (unpaired) electrons. The zero-order chi connectivity index (χ0) is 23.1. The Labute approximate surface area is 176 Å². The Balaban J connectivity index is 5.09. The number of nitro groups is 1. The minimum atomic E-state index is -1.72. The van der Waals surface area contributed by atoms with Gasteiger partial charge in [0.05, 0.1) is 5.94 Å². The number of hydrogen-bond acceptors (Lipinski definition) is 7. The van der Waals surface area contributed by atoms with Crippen LogP contribution in [0, 0.1) is 22.0 Å². The molecule has 1 amide bonds. The SMILES string of the molecule is C/C=C/C=C/C(=O)C[C@@H](CCCN=C(N)N[N+](=O)[O-])C(=O)N[C@@H](CC(C)C)B(O)O. The van der Waals surface area contributed by atoms with Crippen LogP contribution >= 0.6 is 0 Å². The van der Waals surface area contributed by atoms with Crippen LogP contribution in [0.1, 0.15) is 46.5 Å². The highest BCUT2D eigenvalue weighted by Crippen LogP contribution is 2.15. The van der Waals surface area contributed by atoms with E-state index in [0.717, 1.165) is 0 Å². The van der Waals surface area contributed by atoms with E-state index in [1.54, 1.807) is 30.6 Å². The largest absolute Gasteiger partial charge is 0.475 e. The van der Waals surface area contributed by atoms with E-state index in [1.165, 1.54) is 6.08 Å². The molecule has 0 heterocycles. The van der Waals surface area contributed by atoms with Gasteiger partial charge < -0.3 is 21.1 Å². The molecule has 12 heteroatoms. The number of nitrogens with two attached hydrogens (primary N) is 1. The Morgan fingerprint density at radius 1 is 1.30 bits per heavy atom. The number of ketones is 1. The maximum Gasteiger partial charge on any atom is 0.475 e. The number of aliphatic imine (C=N–C) groups is 1. The number of carbonyl (C=O) groups is 2. The van der Waals surface area contributed by atoms with Gasteiger partial charge in [0, 0.05) is 18.9 Å². The topological polar surface area (TPSA) is 180 Å². The van der Waals surface area contributed by atoms with Crippen molar-refractivity contribution in [1.29, 1.82) is 0 Å². The quantitative estimate of drug-likeness (QED) is 0.0380. The summed E-state index contributed by atoms with van der Waals surface area (Å²) in [5, 5.41) is 31.1. The molecule has 0 aromatic rings. The fourth-order valence-corrected chi connectivity index (χ4v) is 2.64. The highest BCUT2D eigenvalue weighted by Gasteiger charge is 2.29. The lowest BCUT2D eigenvalue weighted by molar-refractivity contribution is -0.525. The first-order valence-corrected chi connectivity index (χ1v) is 9.76. The summed E-state index contributed by atoms with van der Waals surface area (Å²) in [6, 6.07) is 0. The zero-order valence-corrected chi connectivity index (χ0v) is 17.7. The van der Waals surface area contributed by atoms with Gasteiger partial charge in [-0.15, -0.1) is 0 Å². The molecule has 0 aromatic heterocycles. The van der Waals surface area contributed by atoms with Gasteiger partial charge in [-0.2, -0.15) is 0 Å². The number of carbonyl (C=O) groups excluding carboxylic acids is 2. The third-order valence-electron chi connectivity index (χ3n) is 4.02. The van der Waals surface area contributed by atoms with Gasteiger partial charge in [0.1, 0.15) is 0 Å². The molecule has 11 nitrogen and oxygen atoms in total. The van der Waals surface area contributed by atoms with Crippen molar-refractivity contribution >= 4 is 24.8 Å². The Bertz CT molecular complexity index is 651. The molecule has 168 valence electrons. The van der Waals surface area contributed by atoms with E-state index in [1.807, 2.05) is 13.8 Å². The predicted molar refractivity (Wildman–Crippen MR) is 114 cm³/mol. The van der Waals surface area contributed by atoms with Gasteiger partial charge in [0.25, 0.3) is 5.96 Å². The first-order chi connectivity index (χ1) is 14.1. The average molecular weight is 425 g/mol. The van der Waals surface area contributed by atoms with Crippen molar-refractivity contribution in [2.45, 2.75) is 52.4 Å². The smallest absolute Gasteiger partial charge is 0.426 e. The van der Waals surface area contributed by atoms with E-state index < -0.39 is 29.9 Å². The second-order valence-electron chi connectivity index (χ2n) is 7.19. The third-order valence-corrected chi connectivity index (χ3v) is 4.02. The van der Waals surface area contributed by atoms with Crippen molar-refractivity contribution in [3.8, 4) is 0 Å². The van der Waals surface area contributed by atoms with Gasteiger partial charge in [-0.1, -0.05) is 37.5 Å². The molecule has 0 aliphatic rings. The summed E-state index contributed by atoms with van der Waals surface area (Å²) in [5.74, 6) is -2.54. The number of hydrazine groups is 1.